The van der Waals surface area contributed by atoms with Crippen molar-refractivity contribution in [3.05, 3.63) is 29.2 Å². The highest BCUT2D eigenvalue weighted by atomic mass is 16.5. The van der Waals surface area contributed by atoms with Crippen molar-refractivity contribution < 1.29 is 14.3 Å². The minimum absolute atomic E-state index is 0.156. The highest BCUT2D eigenvalue weighted by molar-refractivity contribution is 5.99. The average molecular weight is 290 g/mol. The number of ether oxygens (including phenoxy) is 1. The molecule has 0 aromatic carbocycles. The summed E-state index contributed by atoms with van der Waals surface area (Å²) in [5.41, 5.74) is 2.69. The number of carbonyl (C=O) groups is 2. The van der Waals surface area contributed by atoms with Crippen molar-refractivity contribution in [2.24, 2.45) is 0 Å². The van der Waals surface area contributed by atoms with Crippen LogP contribution in [0.1, 0.15) is 28.2 Å². The minimum Gasteiger partial charge on any atom is -0.469 e. The van der Waals surface area contributed by atoms with Crippen molar-refractivity contribution in [3.63, 3.8) is 0 Å². The van der Waals surface area contributed by atoms with Crippen LogP contribution < -0.4 is 0 Å². The molecule has 0 aliphatic rings. The van der Waals surface area contributed by atoms with Crippen molar-refractivity contribution >= 4 is 17.5 Å². The van der Waals surface area contributed by atoms with Crippen LogP contribution in [0.25, 0.3) is 5.65 Å². The van der Waals surface area contributed by atoms with Crippen molar-refractivity contribution in [1.82, 2.24) is 19.5 Å². The summed E-state index contributed by atoms with van der Waals surface area (Å²) < 4.78 is 6.20. The topological polar surface area (TPSA) is 76.8 Å². The van der Waals surface area contributed by atoms with E-state index in [-0.39, 0.29) is 24.8 Å². The third-order valence-corrected chi connectivity index (χ3v) is 3.23. The van der Waals surface area contributed by atoms with Gasteiger partial charge in [-0.1, -0.05) is 0 Å². The Morgan fingerprint density at radius 3 is 2.76 bits per heavy atom. The molecule has 0 N–H and O–H groups in total. The van der Waals surface area contributed by atoms with Gasteiger partial charge in [0.05, 0.1) is 19.7 Å². The molecule has 2 rings (SSSR count). The largest absolute Gasteiger partial charge is 0.469 e. The van der Waals surface area contributed by atoms with Gasteiger partial charge in [-0.15, -0.1) is 0 Å². The number of rotatable bonds is 4. The van der Waals surface area contributed by atoms with E-state index in [0.717, 1.165) is 11.4 Å². The smallest absolute Gasteiger partial charge is 0.307 e. The van der Waals surface area contributed by atoms with E-state index < -0.39 is 0 Å². The van der Waals surface area contributed by atoms with E-state index in [0.29, 0.717) is 11.2 Å². The molecule has 0 unspecified atom stereocenters. The summed E-state index contributed by atoms with van der Waals surface area (Å²) >= 11 is 0. The van der Waals surface area contributed by atoms with Crippen LogP contribution in [0.15, 0.2) is 12.3 Å². The summed E-state index contributed by atoms with van der Waals surface area (Å²) in [5.74, 6) is -0.564. The lowest BCUT2D eigenvalue weighted by Crippen LogP contribution is -2.29. The molecule has 2 aromatic rings. The van der Waals surface area contributed by atoms with E-state index in [9.17, 15) is 9.59 Å². The summed E-state index contributed by atoms with van der Waals surface area (Å²) in [6, 6.07) is 1.90. The Kier molecular flexibility index (Phi) is 4.21. The fourth-order valence-electron chi connectivity index (χ4n) is 2.09. The Balaban J connectivity index is 2.25. The zero-order valence-electron chi connectivity index (χ0n) is 12.6. The second kappa shape index (κ2) is 5.90. The molecule has 0 radical (unpaired) electrons. The Labute approximate surface area is 122 Å². The highest BCUT2D eigenvalue weighted by Crippen LogP contribution is 2.13. The predicted octanol–water partition coefficient (Wildman–Crippen LogP) is 0.981. The first-order valence-electron chi connectivity index (χ1n) is 6.58. The molecule has 21 heavy (non-hydrogen) atoms. The lowest BCUT2D eigenvalue weighted by molar-refractivity contribution is -0.140. The summed E-state index contributed by atoms with van der Waals surface area (Å²) in [5, 5.41) is 4.19. The van der Waals surface area contributed by atoms with E-state index in [1.54, 1.807) is 11.6 Å². The zero-order valence-corrected chi connectivity index (χ0v) is 12.6. The molecule has 0 spiro atoms. The molecule has 0 atom stereocenters. The second-order valence-corrected chi connectivity index (χ2v) is 4.89. The first kappa shape index (κ1) is 15.0. The van der Waals surface area contributed by atoms with E-state index >= 15 is 0 Å². The molecule has 7 nitrogen and oxygen atoms in total. The quantitative estimate of drug-likeness (QED) is 0.785. The van der Waals surface area contributed by atoms with Crippen LogP contribution in [0.4, 0.5) is 0 Å². The van der Waals surface area contributed by atoms with Gasteiger partial charge in [-0.3, -0.25) is 9.59 Å². The number of aryl methyl sites for hydroxylation is 2. The van der Waals surface area contributed by atoms with Gasteiger partial charge in [-0.25, -0.2) is 9.50 Å². The van der Waals surface area contributed by atoms with Crippen molar-refractivity contribution in [3.8, 4) is 0 Å². The van der Waals surface area contributed by atoms with Gasteiger partial charge in [0.2, 0.25) is 0 Å². The highest BCUT2D eigenvalue weighted by Gasteiger charge is 2.19. The molecule has 0 aliphatic heterocycles. The van der Waals surface area contributed by atoms with Gasteiger partial charge in [0.15, 0.2) is 5.65 Å². The van der Waals surface area contributed by atoms with Gasteiger partial charge >= 0.3 is 5.97 Å². The third-order valence-electron chi connectivity index (χ3n) is 3.23. The normalized spacial score (nSPS) is 10.7. The summed E-state index contributed by atoms with van der Waals surface area (Å²) in [4.78, 5) is 29.4. The number of fused-ring (bicyclic) bond motifs is 1. The number of aromatic nitrogens is 3. The Bertz CT molecular complexity index is 693. The number of nitrogens with zero attached hydrogens (tertiary/aromatic N) is 4. The number of hydrogen-bond acceptors (Lipinski definition) is 5. The van der Waals surface area contributed by atoms with Gasteiger partial charge < -0.3 is 9.64 Å². The summed E-state index contributed by atoms with van der Waals surface area (Å²) in [6.45, 7) is 4.06. The van der Waals surface area contributed by atoms with E-state index in [1.165, 1.54) is 18.2 Å². The number of esters is 1. The fraction of sp³-hybridized carbons (Fsp3) is 0.429. The average Bonchev–Trinajstić information content (AvgIpc) is 2.87. The molecule has 0 saturated heterocycles. The van der Waals surface area contributed by atoms with Crippen molar-refractivity contribution in [2.75, 3.05) is 20.7 Å². The lowest BCUT2D eigenvalue weighted by Gasteiger charge is -2.15. The number of methoxy groups -OCH3 is 1. The second-order valence-electron chi connectivity index (χ2n) is 4.89. The van der Waals surface area contributed by atoms with Gasteiger partial charge in [0, 0.05) is 25.0 Å². The Morgan fingerprint density at radius 2 is 2.10 bits per heavy atom. The van der Waals surface area contributed by atoms with Crippen LogP contribution in [-0.2, 0) is 9.53 Å². The fourth-order valence-corrected chi connectivity index (χ4v) is 2.09. The maximum absolute atomic E-state index is 12.4. The first-order chi connectivity index (χ1) is 9.93. The molecule has 2 aromatic heterocycles. The zero-order chi connectivity index (χ0) is 15.6. The molecule has 0 aliphatic carbocycles. The summed E-state index contributed by atoms with van der Waals surface area (Å²) in [6.07, 6.45) is 1.66. The standard InChI is InChI=1S/C14H18N4O3/c1-9-7-10(2)18-13(16-9)11(8-15-18)14(20)17(3)6-5-12(19)21-4/h7-8H,5-6H2,1-4H3. The van der Waals surface area contributed by atoms with Gasteiger partial charge in [0.1, 0.15) is 5.56 Å². The van der Waals surface area contributed by atoms with Crippen LogP contribution in [0, 0.1) is 13.8 Å². The van der Waals surface area contributed by atoms with Gasteiger partial charge in [-0.05, 0) is 19.9 Å². The molecular formula is C14H18N4O3. The van der Waals surface area contributed by atoms with E-state index in [4.69, 9.17) is 0 Å². The Morgan fingerprint density at radius 1 is 1.38 bits per heavy atom. The third kappa shape index (κ3) is 3.01. The number of amides is 1. The van der Waals surface area contributed by atoms with Crippen LogP contribution in [0.3, 0.4) is 0 Å². The van der Waals surface area contributed by atoms with Crippen LogP contribution >= 0.6 is 0 Å². The molecule has 112 valence electrons. The van der Waals surface area contributed by atoms with E-state index in [1.807, 2.05) is 19.9 Å². The van der Waals surface area contributed by atoms with Crippen LogP contribution in [0.5, 0.6) is 0 Å². The maximum Gasteiger partial charge on any atom is 0.307 e. The Hall–Kier alpha value is -2.44. The molecular weight excluding hydrogens is 272 g/mol. The molecule has 1 amide bonds. The maximum atomic E-state index is 12.4. The predicted molar refractivity (Wildman–Crippen MR) is 76.1 cm³/mol. The molecule has 0 bridgehead atoms. The van der Waals surface area contributed by atoms with Crippen molar-refractivity contribution in [1.29, 1.82) is 0 Å². The monoisotopic (exact) mass is 290 g/mol. The molecule has 0 fully saturated rings. The lowest BCUT2D eigenvalue weighted by atomic mass is 10.2. The SMILES string of the molecule is COC(=O)CCN(C)C(=O)c1cnn2c(C)cc(C)nc12. The number of hydrogen-bond donors (Lipinski definition) is 0. The van der Waals surface area contributed by atoms with E-state index in [2.05, 4.69) is 14.8 Å². The number of carbonyl (C=O) groups excluding carboxylic acids is 2. The molecule has 0 saturated carbocycles. The van der Waals surface area contributed by atoms with Gasteiger partial charge in [0.25, 0.3) is 5.91 Å². The van der Waals surface area contributed by atoms with Gasteiger partial charge in [-0.2, -0.15) is 5.10 Å². The summed E-state index contributed by atoms with van der Waals surface area (Å²) in [7, 11) is 2.96. The first-order valence-corrected chi connectivity index (χ1v) is 6.58. The van der Waals surface area contributed by atoms with Crippen molar-refractivity contribution in [2.45, 2.75) is 20.3 Å². The molecule has 7 heteroatoms. The minimum atomic E-state index is -0.348. The molecule has 2 heterocycles. The van der Waals surface area contributed by atoms with Crippen LogP contribution in [-0.4, -0.2) is 52.1 Å². The van der Waals surface area contributed by atoms with Crippen LogP contribution in [0.2, 0.25) is 0 Å².